The molecule has 2 aliphatic heterocycles. The summed E-state index contributed by atoms with van der Waals surface area (Å²) in [7, 11) is -2.34. The van der Waals surface area contributed by atoms with Gasteiger partial charge < -0.3 is 20.1 Å². The van der Waals surface area contributed by atoms with Crippen LogP contribution in [0.5, 0.6) is 5.75 Å². The lowest BCUT2D eigenvalue weighted by Gasteiger charge is -2.26. The first-order valence-corrected chi connectivity index (χ1v) is 9.74. The van der Waals surface area contributed by atoms with Crippen LogP contribution in [0.15, 0.2) is 23.1 Å². The van der Waals surface area contributed by atoms with Gasteiger partial charge in [-0.3, -0.25) is 4.79 Å². The van der Waals surface area contributed by atoms with Crippen molar-refractivity contribution in [2.75, 3.05) is 46.5 Å². The molecule has 10 heteroatoms. The van der Waals surface area contributed by atoms with Gasteiger partial charge in [0.15, 0.2) is 0 Å². The Hall–Kier alpha value is -1.39. The van der Waals surface area contributed by atoms with Crippen LogP contribution in [0.25, 0.3) is 0 Å². The van der Waals surface area contributed by atoms with Gasteiger partial charge >= 0.3 is 0 Å². The molecule has 2 N–H and O–H groups in total. The van der Waals surface area contributed by atoms with Crippen molar-refractivity contribution in [3.63, 3.8) is 0 Å². The van der Waals surface area contributed by atoms with Crippen LogP contribution in [0.4, 0.5) is 0 Å². The van der Waals surface area contributed by atoms with E-state index in [2.05, 4.69) is 10.6 Å². The van der Waals surface area contributed by atoms with Crippen molar-refractivity contribution in [3.05, 3.63) is 23.8 Å². The Bertz CT molecular complexity index is 731. The molecule has 1 amide bonds. The molecular formula is C16H24ClN3O5S. The summed E-state index contributed by atoms with van der Waals surface area (Å²) in [6.07, 6.45) is 0.862. The molecular weight excluding hydrogens is 382 g/mol. The fraction of sp³-hybridized carbons (Fsp3) is 0.562. The predicted molar refractivity (Wildman–Crippen MR) is 98.6 cm³/mol. The first kappa shape index (κ1) is 20.9. The molecule has 0 bridgehead atoms. The molecule has 2 heterocycles. The Morgan fingerprint density at radius 2 is 2.08 bits per heavy atom. The molecule has 0 radical (unpaired) electrons. The predicted octanol–water partition coefficient (Wildman–Crippen LogP) is 0.230. The zero-order chi connectivity index (χ0) is 17.9. The van der Waals surface area contributed by atoms with Gasteiger partial charge in [-0.25, -0.2) is 8.42 Å². The summed E-state index contributed by atoms with van der Waals surface area (Å²) >= 11 is 0. The van der Waals surface area contributed by atoms with E-state index in [4.69, 9.17) is 9.47 Å². The van der Waals surface area contributed by atoms with Crippen molar-refractivity contribution < 1.29 is 22.7 Å². The SMILES string of the molecule is COc1ccc(C(=O)NC2CCNC2)cc1S(=O)(=O)N1CCOCC1.Cl. The Labute approximate surface area is 159 Å². The van der Waals surface area contributed by atoms with Crippen molar-refractivity contribution in [1.82, 2.24) is 14.9 Å². The summed E-state index contributed by atoms with van der Waals surface area (Å²) in [4.78, 5) is 12.5. The van der Waals surface area contributed by atoms with Crippen LogP contribution >= 0.6 is 12.4 Å². The lowest BCUT2D eigenvalue weighted by Crippen LogP contribution is -2.41. The number of hydrogen-bond donors (Lipinski definition) is 2. The van der Waals surface area contributed by atoms with Crippen LogP contribution in [-0.4, -0.2) is 71.2 Å². The number of carbonyl (C=O) groups is 1. The van der Waals surface area contributed by atoms with Gasteiger partial charge in [0.25, 0.3) is 5.91 Å². The van der Waals surface area contributed by atoms with Crippen molar-refractivity contribution in [2.24, 2.45) is 0 Å². The second kappa shape index (κ2) is 9.01. The lowest BCUT2D eigenvalue weighted by atomic mass is 10.2. The maximum absolute atomic E-state index is 12.9. The summed E-state index contributed by atoms with van der Waals surface area (Å²) in [5.41, 5.74) is 0.305. The zero-order valence-corrected chi connectivity index (χ0v) is 16.2. The lowest BCUT2D eigenvalue weighted by molar-refractivity contribution is 0.0729. The van der Waals surface area contributed by atoms with Gasteiger partial charge in [-0.2, -0.15) is 4.31 Å². The van der Waals surface area contributed by atoms with Gasteiger partial charge in [-0.15, -0.1) is 12.4 Å². The monoisotopic (exact) mass is 405 g/mol. The summed E-state index contributed by atoms with van der Waals surface area (Å²) in [6.45, 7) is 2.88. The number of sulfonamides is 1. The topological polar surface area (TPSA) is 97.0 Å². The smallest absolute Gasteiger partial charge is 0.251 e. The molecule has 3 rings (SSSR count). The third kappa shape index (κ3) is 4.47. The van der Waals surface area contributed by atoms with Crippen molar-refractivity contribution >= 4 is 28.3 Å². The standard InChI is InChI=1S/C16H23N3O5S.ClH/c1-23-14-3-2-12(16(20)18-13-4-5-17-11-13)10-15(14)25(21,22)19-6-8-24-9-7-19;/h2-3,10,13,17H,4-9,11H2,1H3,(H,18,20);1H. The van der Waals surface area contributed by atoms with Crippen LogP contribution < -0.4 is 15.4 Å². The first-order chi connectivity index (χ1) is 12.0. The maximum Gasteiger partial charge on any atom is 0.251 e. The van der Waals surface area contributed by atoms with Gasteiger partial charge in [-0.05, 0) is 31.2 Å². The summed E-state index contributed by atoms with van der Waals surface area (Å²) in [5, 5.41) is 6.10. The van der Waals surface area contributed by atoms with E-state index in [9.17, 15) is 13.2 Å². The van der Waals surface area contributed by atoms with Crippen LogP contribution in [0, 0.1) is 0 Å². The van der Waals surface area contributed by atoms with Crippen molar-refractivity contribution in [1.29, 1.82) is 0 Å². The molecule has 1 aromatic carbocycles. The molecule has 2 fully saturated rings. The molecule has 1 aromatic rings. The maximum atomic E-state index is 12.9. The quantitative estimate of drug-likeness (QED) is 0.727. The highest BCUT2D eigenvalue weighted by atomic mass is 35.5. The molecule has 2 saturated heterocycles. The molecule has 146 valence electrons. The van der Waals surface area contributed by atoms with E-state index in [-0.39, 0.29) is 48.1 Å². The van der Waals surface area contributed by atoms with Crippen molar-refractivity contribution in [2.45, 2.75) is 17.4 Å². The number of morpholine rings is 1. The molecule has 26 heavy (non-hydrogen) atoms. The summed E-state index contributed by atoms with van der Waals surface area (Å²) in [6, 6.07) is 4.56. The van der Waals surface area contributed by atoms with E-state index < -0.39 is 10.0 Å². The number of halogens is 1. The number of carbonyl (C=O) groups excluding carboxylic acids is 1. The number of ether oxygens (including phenoxy) is 2. The first-order valence-electron chi connectivity index (χ1n) is 8.30. The van der Waals surface area contributed by atoms with Gasteiger partial charge in [0, 0.05) is 31.2 Å². The molecule has 8 nitrogen and oxygen atoms in total. The third-order valence-corrected chi connectivity index (χ3v) is 6.33. The van der Waals surface area contributed by atoms with Crippen LogP contribution in [-0.2, 0) is 14.8 Å². The highest BCUT2D eigenvalue weighted by molar-refractivity contribution is 7.89. The Morgan fingerprint density at radius 3 is 2.69 bits per heavy atom. The highest BCUT2D eigenvalue weighted by Gasteiger charge is 2.30. The van der Waals surface area contributed by atoms with E-state index in [1.165, 1.54) is 23.5 Å². The highest BCUT2D eigenvalue weighted by Crippen LogP contribution is 2.28. The van der Waals surface area contributed by atoms with Crippen LogP contribution in [0.2, 0.25) is 0 Å². The number of nitrogens with one attached hydrogen (secondary N) is 2. The molecule has 0 aliphatic carbocycles. The number of nitrogens with zero attached hydrogens (tertiary/aromatic N) is 1. The van der Waals surface area contributed by atoms with Gasteiger partial charge in [-0.1, -0.05) is 0 Å². The van der Waals surface area contributed by atoms with E-state index in [0.29, 0.717) is 18.8 Å². The normalized spacial score (nSPS) is 21.0. The molecule has 1 atom stereocenters. The Kier molecular flexibility index (Phi) is 7.24. The fourth-order valence-corrected chi connectivity index (χ4v) is 4.58. The summed E-state index contributed by atoms with van der Waals surface area (Å²) < 4.78 is 37.7. The van der Waals surface area contributed by atoms with E-state index in [1.54, 1.807) is 6.07 Å². The minimum atomic E-state index is -3.75. The number of rotatable bonds is 5. The van der Waals surface area contributed by atoms with Gasteiger partial charge in [0.2, 0.25) is 10.0 Å². The largest absolute Gasteiger partial charge is 0.495 e. The van der Waals surface area contributed by atoms with E-state index >= 15 is 0 Å². The number of amides is 1. The van der Waals surface area contributed by atoms with Crippen LogP contribution in [0.1, 0.15) is 16.8 Å². The summed E-state index contributed by atoms with van der Waals surface area (Å²) in [5.74, 6) is -0.0552. The van der Waals surface area contributed by atoms with Crippen molar-refractivity contribution in [3.8, 4) is 5.75 Å². The second-order valence-electron chi connectivity index (χ2n) is 6.05. The van der Waals surface area contributed by atoms with Gasteiger partial charge in [0.05, 0.1) is 20.3 Å². The minimum Gasteiger partial charge on any atom is -0.495 e. The average Bonchev–Trinajstić information content (AvgIpc) is 3.15. The minimum absolute atomic E-state index is 0. The average molecular weight is 406 g/mol. The molecule has 0 aromatic heterocycles. The molecule has 0 spiro atoms. The number of methoxy groups -OCH3 is 1. The second-order valence-corrected chi connectivity index (χ2v) is 7.95. The zero-order valence-electron chi connectivity index (χ0n) is 14.6. The van der Waals surface area contributed by atoms with E-state index in [1.807, 2.05) is 0 Å². The Morgan fingerprint density at radius 1 is 1.35 bits per heavy atom. The molecule has 2 aliphatic rings. The number of benzene rings is 1. The third-order valence-electron chi connectivity index (χ3n) is 4.41. The van der Waals surface area contributed by atoms with E-state index in [0.717, 1.165) is 19.5 Å². The molecule has 0 saturated carbocycles. The van der Waals surface area contributed by atoms with Crippen LogP contribution in [0.3, 0.4) is 0 Å². The fourth-order valence-electron chi connectivity index (χ4n) is 2.99. The number of hydrogen-bond acceptors (Lipinski definition) is 6. The van der Waals surface area contributed by atoms with Gasteiger partial charge in [0.1, 0.15) is 10.6 Å². The Balaban J connectivity index is 0.00000243. The molecule has 1 unspecified atom stereocenters.